The molecule has 0 bridgehead atoms. The van der Waals surface area contributed by atoms with Gasteiger partial charge in [-0.3, -0.25) is 0 Å². The van der Waals surface area contributed by atoms with Crippen LogP contribution in [0, 0.1) is 0 Å². The summed E-state index contributed by atoms with van der Waals surface area (Å²) in [6.45, 7) is 0. The molecule has 74 valence electrons. The highest BCUT2D eigenvalue weighted by Crippen LogP contribution is 2.36. The Morgan fingerprint density at radius 3 is 1.25 bits per heavy atom. The summed E-state index contributed by atoms with van der Waals surface area (Å²) in [4.78, 5) is 0. The average molecular weight is 198 g/mol. The summed E-state index contributed by atoms with van der Waals surface area (Å²) in [6, 6.07) is 0. The molecule has 0 aliphatic rings. The van der Waals surface area contributed by atoms with E-state index in [9.17, 15) is 26.3 Å². The van der Waals surface area contributed by atoms with Crippen molar-refractivity contribution in [2.45, 2.75) is 24.6 Å². The molecular formula is C4H4F6O2. The van der Waals surface area contributed by atoms with Crippen molar-refractivity contribution in [1.29, 1.82) is 0 Å². The smallest absolute Gasteiger partial charge is 0.358 e. The highest BCUT2D eigenvalue weighted by atomic mass is 19.4. The molecule has 0 aromatic rings. The lowest BCUT2D eigenvalue weighted by Gasteiger charge is -2.25. The topological polar surface area (TPSA) is 40.5 Å². The maximum Gasteiger partial charge on any atom is 0.443 e. The first kappa shape index (κ1) is 11.5. The number of halogens is 6. The standard InChI is InChI=1S/C4H4F6O2/c5-3(6,7)1-2(11,12)4(8,9)10/h11-12H,1H2. The molecule has 0 saturated heterocycles. The van der Waals surface area contributed by atoms with Crippen molar-refractivity contribution in [1.82, 2.24) is 0 Å². The van der Waals surface area contributed by atoms with Crippen molar-refractivity contribution >= 4 is 0 Å². The van der Waals surface area contributed by atoms with Crippen LogP contribution in [0.4, 0.5) is 26.3 Å². The molecule has 0 aromatic heterocycles. The van der Waals surface area contributed by atoms with E-state index in [1.807, 2.05) is 0 Å². The van der Waals surface area contributed by atoms with E-state index >= 15 is 0 Å². The van der Waals surface area contributed by atoms with Crippen LogP contribution < -0.4 is 0 Å². The van der Waals surface area contributed by atoms with Gasteiger partial charge >= 0.3 is 12.4 Å². The molecule has 0 atom stereocenters. The van der Waals surface area contributed by atoms with Crippen LogP contribution in [0.15, 0.2) is 0 Å². The molecule has 2 nitrogen and oxygen atoms in total. The van der Waals surface area contributed by atoms with Crippen LogP contribution in [0.3, 0.4) is 0 Å². The van der Waals surface area contributed by atoms with Gasteiger partial charge in [0.2, 0.25) is 0 Å². The first-order valence-corrected chi connectivity index (χ1v) is 2.54. The molecule has 12 heavy (non-hydrogen) atoms. The van der Waals surface area contributed by atoms with E-state index in [-0.39, 0.29) is 0 Å². The van der Waals surface area contributed by atoms with Crippen molar-refractivity contribution in [2.75, 3.05) is 0 Å². The molecule has 0 aromatic carbocycles. The predicted molar refractivity (Wildman–Crippen MR) is 23.9 cm³/mol. The zero-order valence-corrected chi connectivity index (χ0v) is 5.37. The van der Waals surface area contributed by atoms with Gasteiger partial charge in [0, 0.05) is 0 Å². The van der Waals surface area contributed by atoms with Crippen molar-refractivity contribution < 1.29 is 36.6 Å². The molecule has 8 heteroatoms. The van der Waals surface area contributed by atoms with Crippen LogP contribution in [0.25, 0.3) is 0 Å². The van der Waals surface area contributed by atoms with Crippen molar-refractivity contribution in [2.24, 2.45) is 0 Å². The molecule has 0 saturated carbocycles. The van der Waals surface area contributed by atoms with Gasteiger partial charge < -0.3 is 10.2 Å². The number of aliphatic hydroxyl groups is 2. The molecule has 0 heterocycles. The van der Waals surface area contributed by atoms with E-state index in [4.69, 9.17) is 10.2 Å². The molecule has 0 radical (unpaired) electrons. The van der Waals surface area contributed by atoms with Crippen molar-refractivity contribution in [3.05, 3.63) is 0 Å². The normalized spacial score (nSPS) is 15.0. The number of hydrogen-bond acceptors (Lipinski definition) is 2. The number of alkyl halides is 6. The Morgan fingerprint density at radius 1 is 0.833 bits per heavy atom. The Kier molecular flexibility index (Phi) is 2.65. The van der Waals surface area contributed by atoms with Gasteiger partial charge in [-0.2, -0.15) is 26.3 Å². The van der Waals surface area contributed by atoms with Crippen LogP contribution in [0.1, 0.15) is 6.42 Å². The minimum Gasteiger partial charge on any atom is -0.358 e. The van der Waals surface area contributed by atoms with Crippen LogP contribution in [-0.2, 0) is 0 Å². The molecule has 0 aliphatic carbocycles. The van der Waals surface area contributed by atoms with Crippen LogP contribution >= 0.6 is 0 Å². The molecule has 0 spiro atoms. The van der Waals surface area contributed by atoms with Gasteiger partial charge in [0.15, 0.2) is 0 Å². The molecule has 0 aliphatic heterocycles. The van der Waals surface area contributed by atoms with Gasteiger partial charge in [0.25, 0.3) is 5.79 Å². The summed E-state index contributed by atoms with van der Waals surface area (Å²) in [5, 5.41) is 15.8. The SMILES string of the molecule is OC(O)(CC(F)(F)F)C(F)(F)F. The van der Waals surface area contributed by atoms with Crippen LogP contribution in [0.2, 0.25) is 0 Å². The quantitative estimate of drug-likeness (QED) is 0.490. The van der Waals surface area contributed by atoms with E-state index in [0.717, 1.165) is 0 Å². The van der Waals surface area contributed by atoms with Crippen LogP contribution in [0.5, 0.6) is 0 Å². The van der Waals surface area contributed by atoms with Gasteiger partial charge in [0.1, 0.15) is 6.42 Å². The first-order valence-electron chi connectivity index (χ1n) is 2.54. The fourth-order valence-corrected chi connectivity index (χ4v) is 0.380. The average Bonchev–Trinajstić information content (AvgIpc) is 1.52. The summed E-state index contributed by atoms with van der Waals surface area (Å²) in [7, 11) is 0. The third kappa shape index (κ3) is 3.26. The Balaban J connectivity index is 4.44. The third-order valence-electron chi connectivity index (χ3n) is 0.901. The van der Waals surface area contributed by atoms with Gasteiger partial charge in [-0.25, -0.2) is 0 Å². The fraction of sp³-hybridized carbons (Fsp3) is 1.00. The molecular weight excluding hydrogens is 194 g/mol. The lowest BCUT2D eigenvalue weighted by molar-refractivity contribution is -0.373. The van der Waals surface area contributed by atoms with E-state index in [2.05, 4.69) is 0 Å². The minimum atomic E-state index is -5.71. The predicted octanol–water partition coefficient (Wildman–Crippen LogP) is 1.18. The highest BCUT2D eigenvalue weighted by Gasteiger charge is 2.58. The minimum absolute atomic E-state index is 2.73. The van der Waals surface area contributed by atoms with Gasteiger partial charge in [-0.15, -0.1) is 0 Å². The summed E-state index contributed by atoms with van der Waals surface area (Å²) in [5.41, 5.74) is 0. The zero-order valence-electron chi connectivity index (χ0n) is 5.37. The van der Waals surface area contributed by atoms with Crippen molar-refractivity contribution in [3.8, 4) is 0 Å². The zero-order chi connectivity index (χ0) is 10.2. The Morgan fingerprint density at radius 2 is 1.17 bits per heavy atom. The van der Waals surface area contributed by atoms with Crippen molar-refractivity contribution in [3.63, 3.8) is 0 Å². The van der Waals surface area contributed by atoms with Gasteiger partial charge in [-0.05, 0) is 0 Å². The third-order valence-corrected chi connectivity index (χ3v) is 0.901. The second-order valence-corrected chi connectivity index (χ2v) is 2.11. The molecule has 0 unspecified atom stereocenters. The lowest BCUT2D eigenvalue weighted by atomic mass is 10.2. The van der Waals surface area contributed by atoms with E-state index < -0.39 is 24.6 Å². The summed E-state index contributed by atoms with van der Waals surface area (Å²) in [5.74, 6) is -4.70. The van der Waals surface area contributed by atoms with E-state index in [1.165, 1.54) is 0 Å². The Hall–Kier alpha value is -0.500. The largest absolute Gasteiger partial charge is 0.443 e. The number of rotatable bonds is 1. The maximum atomic E-state index is 11.4. The number of hydrogen-bond donors (Lipinski definition) is 2. The lowest BCUT2D eigenvalue weighted by Crippen LogP contribution is -2.48. The molecule has 0 rings (SSSR count). The maximum absolute atomic E-state index is 11.4. The Bertz CT molecular complexity index is 156. The summed E-state index contributed by atoms with van der Waals surface area (Å²) in [6.07, 6.45) is -13.7. The second-order valence-electron chi connectivity index (χ2n) is 2.11. The molecule has 0 fully saturated rings. The van der Waals surface area contributed by atoms with Gasteiger partial charge in [-0.1, -0.05) is 0 Å². The second kappa shape index (κ2) is 2.77. The molecule has 0 amide bonds. The van der Waals surface area contributed by atoms with E-state index in [1.54, 1.807) is 0 Å². The van der Waals surface area contributed by atoms with E-state index in [0.29, 0.717) is 0 Å². The van der Waals surface area contributed by atoms with Crippen LogP contribution in [-0.4, -0.2) is 28.4 Å². The summed E-state index contributed by atoms with van der Waals surface area (Å²) < 4.78 is 67.9. The van der Waals surface area contributed by atoms with Gasteiger partial charge in [0.05, 0.1) is 0 Å². The Labute approximate surface area is 62.4 Å². The monoisotopic (exact) mass is 198 g/mol. The highest BCUT2D eigenvalue weighted by molar-refractivity contribution is 4.77. The molecule has 2 N–H and O–H groups in total. The summed E-state index contributed by atoms with van der Waals surface area (Å²) >= 11 is 0. The fourth-order valence-electron chi connectivity index (χ4n) is 0.380. The first-order chi connectivity index (χ1) is 4.96.